The molecule has 1 aromatic heterocycles. The summed E-state index contributed by atoms with van der Waals surface area (Å²) in [6.07, 6.45) is 6.11. The first-order chi connectivity index (χ1) is 11.7. The summed E-state index contributed by atoms with van der Waals surface area (Å²) in [5.74, 6) is -0.201. The van der Waals surface area contributed by atoms with Crippen LogP contribution in [0.1, 0.15) is 29.7 Å². The maximum atomic E-state index is 13.1. The molecule has 2 aromatic rings. The fraction of sp³-hybridized carbons (Fsp3) is 0.421. The number of hydrogen-bond donors (Lipinski definition) is 0. The second-order valence-corrected chi connectivity index (χ2v) is 6.31. The van der Waals surface area contributed by atoms with Crippen LogP contribution < -0.4 is 0 Å². The van der Waals surface area contributed by atoms with Gasteiger partial charge in [0.25, 0.3) is 0 Å². The molecule has 1 atom stereocenters. The summed E-state index contributed by atoms with van der Waals surface area (Å²) in [6, 6.07) is 6.72. The molecule has 3 rings (SSSR count). The maximum absolute atomic E-state index is 13.1. The molecule has 0 unspecified atom stereocenters. The van der Waals surface area contributed by atoms with Crippen LogP contribution in [0, 0.1) is 12.7 Å². The van der Waals surface area contributed by atoms with Crippen LogP contribution in [0.4, 0.5) is 4.39 Å². The molecule has 0 saturated carbocycles. The van der Waals surface area contributed by atoms with Gasteiger partial charge in [-0.3, -0.25) is 4.90 Å². The molecule has 0 amide bonds. The first-order valence-corrected chi connectivity index (χ1v) is 8.39. The predicted octanol–water partition coefficient (Wildman–Crippen LogP) is 3.61. The van der Waals surface area contributed by atoms with Crippen molar-refractivity contribution in [3.05, 3.63) is 59.7 Å². The van der Waals surface area contributed by atoms with Gasteiger partial charge in [-0.25, -0.2) is 9.07 Å². The molecule has 24 heavy (non-hydrogen) atoms. The van der Waals surface area contributed by atoms with Crippen molar-refractivity contribution in [1.82, 2.24) is 14.7 Å². The Hall–Kier alpha value is -1.98. The van der Waals surface area contributed by atoms with Gasteiger partial charge in [-0.2, -0.15) is 5.10 Å². The van der Waals surface area contributed by atoms with E-state index in [-0.39, 0.29) is 11.9 Å². The predicted molar refractivity (Wildman–Crippen MR) is 92.8 cm³/mol. The molecule has 0 aliphatic carbocycles. The summed E-state index contributed by atoms with van der Waals surface area (Å²) in [5, 5.41) is 4.33. The van der Waals surface area contributed by atoms with Crippen LogP contribution in [0.2, 0.25) is 0 Å². The Kier molecular flexibility index (Phi) is 5.43. The van der Waals surface area contributed by atoms with E-state index < -0.39 is 0 Å². The van der Waals surface area contributed by atoms with E-state index >= 15 is 0 Å². The van der Waals surface area contributed by atoms with Crippen molar-refractivity contribution in [2.45, 2.75) is 39.0 Å². The Balaban J connectivity index is 1.73. The number of benzene rings is 1. The summed E-state index contributed by atoms with van der Waals surface area (Å²) < 4.78 is 20.7. The van der Waals surface area contributed by atoms with Gasteiger partial charge in [-0.15, -0.1) is 0 Å². The summed E-state index contributed by atoms with van der Waals surface area (Å²) in [5.41, 5.74) is 3.37. The van der Waals surface area contributed by atoms with E-state index in [0.29, 0.717) is 0 Å². The maximum Gasteiger partial charge on any atom is 0.123 e. The molecule has 1 aliphatic rings. The SMILES string of the molecule is C=Cn1ncc(CN(Cc2ccc(F)cc2)C[C@@H]2CCCO2)c1C. The van der Waals surface area contributed by atoms with Gasteiger partial charge < -0.3 is 4.74 Å². The van der Waals surface area contributed by atoms with Gasteiger partial charge in [0.1, 0.15) is 5.82 Å². The summed E-state index contributed by atoms with van der Waals surface area (Å²) in [6.45, 7) is 9.09. The van der Waals surface area contributed by atoms with Crippen molar-refractivity contribution >= 4 is 6.20 Å². The van der Waals surface area contributed by atoms with E-state index in [1.807, 2.05) is 25.3 Å². The standard InChI is InChI=1S/C19H24FN3O/c1-3-23-15(2)17(11-21-23)13-22(14-19-5-4-10-24-19)12-16-6-8-18(20)9-7-16/h3,6-9,11,19H,1,4-5,10,12-14H2,2H3/t19-/m0/s1. The van der Waals surface area contributed by atoms with Crippen LogP contribution in [-0.4, -0.2) is 33.9 Å². The van der Waals surface area contributed by atoms with Crippen LogP contribution in [-0.2, 0) is 17.8 Å². The lowest BCUT2D eigenvalue weighted by Gasteiger charge is -2.25. The average molecular weight is 329 g/mol. The largest absolute Gasteiger partial charge is 0.377 e. The quantitative estimate of drug-likeness (QED) is 0.777. The number of halogens is 1. The first kappa shape index (κ1) is 16.9. The highest BCUT2D eigenvalue weighted by Crippen LogP contribution is 2.19. The van der Waals surface area contributed by atoms with Gasteiger partial charge >= 0.3 is 0 Å². The van der Waals surface area contributed by atoms with Crippen LogP contribution in [0.25, 0.3) is 6.20 Å². The number of ether oxygens (including phenoxy) is 1. The summed E-state index contributed by atoms with van der Waals surface area (Å²) in [4.78, 5) is 2.35. The first-order valence-electron chi connectivity index (χ1n) is 8.39. The minimum Gasteiger partial charge on any atom is -0.377 e. The molecule has 1 aromatic carbocycles. The van der Waals surface area contributed by atoms with E-state index in [1.165, 1.54) is 17.7 Å². The molecular weight excluding hydrogens is 305 g/mol. The minimum atomic E-state index is -0.201. The molecular formula is C19H24FN3O. The molecule has 1 saturated heterocycles. The zero-order chi connectivity index (χ0) is 16.9. The van der Waals surface area contributed by atoms with Crippen molar-refractivity contribution in [3.8, 4) is 0 Å². The summed E-state index contributed by atoms with van der Waals surface area (Å²) >= 11 is 0. The molecule has 0 N–H and O–H groups in total. The lowest BCUT2D eigenvalue weighted by atomic mass is 10.1. The van der Waals surface area contributed by atoms with Gasteiger partial charge in [-0.05, 0) is 37.5 Å². The molecule has 0 spiro atoms. The normalized spacial score (nSPS) is 17.5. The molecule has 128 valence electrons. The lowest BCUT2D eigenvalue weighted by Crippen LogP contribution is -2.31. The number of aromatic nitrogens is 2. The van der Waals surface area contributed by atoms with Crippen LogP contribution in [0.15, 0.2) is 37.0 Å². The third-order valence-electron chi connectivity index (χ3n) is 4.52. The Morgan fingerprint density at radius 2 is 2.17 bits per heavy atom. The molecule has 1 fully saturated rings. The average Bonchev–Trinajstić information content (AvgIpc) is 3.20. The number of hydrogen-bond acceptors (Lipinski definition) is 3. The van der Waals surface area contributed by atoms with Crippen molar-refractivity contribution in [3.63, 3.8) is 0 Å². The highest BCUT2D eigenvalue weighted by molar-refractivity contribution is 5.26. The molecule has 1 aliphatic heterocycles. The molecule has 0 radical (unpaired) electrons. The van der Waals surface area contributed by atoms with E-state index in [4.69, 9.17) is 4.74 Å². The van der Waals surface area contributed by atoms with E-state index in [1.54, 1.807) is 10.9 Å². The summed E-state index contributed by atoms with van der Waals surface area (Å²) in [7, 11) is 0. The van der Waals surface area contributed by atoms with Crippen molar-refractivity contribution in [2.24, 2.45) is 0 Å². The van der Waals surface area contributed by atoms with Crippen LogP contribution in [0.3, 0.4) is 0 Å². The smallest absolute Gasteiger partial charge is 0.123 e. The highest BCUT2D eigenvalue weighted by Gasteiger charge is 2.20. The Bertz CT molecular complexity index is 674. The third kappa shape index (κ3) is 4.10. The van der Waals surface area contributed by atoms with Crippen LogP contribution >= 0.6 is 0 Å². The van der Waals surface area contributed by atoms with E-state index in [2.05, 4.69) is 16.6 Å². The second kappa shape index (κ2) is 7.73. The lowest BCUT2D eigenvalue weighted by molar-refractivity contribution is 0.0678. The Morgan fingerprint density at radius 1 is 1.38 bits per heavy atom. The van der Waals surface area contributed by atoms with Gasteiger partial charge in [0.2, 0.25) is 0 Å². The fourth-order valence-electron chi connectivity index (χ4n) is 3.15. The monoisotopic (exact) mass is 329 g/mol. The van der Waals surface area contributed by atoms with Crippen molar-refractivity contribution in [1.29, 1.82) is 0 Å². The minimum absolute atomic E-state index is 0.201. The van der Waals surface area contributed by atoms with Crippen molar-refractivity contribution in [2.75, 3.05) is 13.2 Å². The van der Waals surface area contributed by atoms with Gasteiger partial charge in [0.15, 0.2) is 0 Å². The second-order valence-electron chi connectivity index (χ2n) is 6.31. The van der Waals surface area contributed by atoms with Gasteiger partial charge in [0.05, 0.1) is 12.3 Å². The zero-order valence-electron chi connectivity index (χ0n) is 14.1. The molecule has 4 nitrogen and oxygen atoms in total. The van der Waals surface area contributed by atoms with Crippen LogP contribution in [0.5, 0.6) is 0 Å². The van der Waals surface area contributed by atoms with Crippen molar-refractivity contribution < 1.29 is 9.13 Å². The van der Waals surface area contributed by atoms with E-state index in [0.717, 1.165) is 50.3 Å². The third-order valence-corrected chi connectivity index (χ3v) is 4.52. The topological polar surface area (TPSA) is 30.3 Å². The van der Waals surface area contributed by atoms with E-state index in [9.17, 15) is 4.39 Å². The molecule has 2 heterocycles. The highest BCUT2D eigenvalue weighted by atomic mass is 19.1. The fourth-order valence-corrected chi connectivity index (χ4v) is 3.15. The molecule has 0 bridgehead atoms. The Labute approximate surface area is 142 Å². The Morgan fingerprint density at radius 3 is 2.79 bits per heavy atom. The molecule has 5 heteroatoms. The number of nitrogens with zero attached hydrogens (tertiary/aromatic N) is 3. The number of rotatable bonds is 7. The zero-order valence-corrected chi connectivity index (χ0v) is 14.1. The van der Waals surface area contributed by atoms with Gasteiger partial charge in [0, 0.05) is 43.7 Å². The van der Waals surface area contributed by atoms with Gasteiger partial charge in [-0.1, -0.05) is 18.7 Å².